The van der Waals surface area contributed by atoms with Gasteiger partial charge in [0, 0.05) is 14.0 Å². The van der Waals surface area contributed by atoms with Gasteiger partial charge in [0.05, 0.1) is 12.2 Å². The monoisotopic (exact) mass is 183 g/mol. The first-order valence-electron chi connectivity index (χ1n) is 4.00. The van der Waals surface area contributed by atoms with Gasteiger partial charge in [0.2, 0.25) is 5.91 Å². The quantitative estimate of drug-likeness (QED) is 0.694. The normalized spacial score (nSPS) is 12.5. The third-order valence-electron chi connectivity index (χ3n) is 1.67. The molecule has 13 heavy (non-hydrogen) atoms. The number of carbonyl (C=O) groups excluding carboxylic acids is 1. The lowest BCUT2D eigenvalue weighted by atomic mass is 10.2. The van der Waals surface area contributed by atoms with Gasteiger partial charge in [-0.1, -0.05) is 0 Å². The van der Waals surface area contributed by atoms with Gasteiger partial charge in [0.15, 0.2) is 5.75 Å². The molecular weight excluding hydrogens is 170 g/mol. The van der Waals surface area contributed by atoms with E-state index in [1.165, 1.54) is 17.8 Å². The summed E-state index contributed by atoms with van der Waals surface area (Å²) in [6.45, 7) is 3.19. The molecule has 0 saturated carbocycles. The highest BCUT2D eigenvalue weighted by atomic mass is 16.3. The number of nitrogens with zero attached hydrogens (tertiary/aromatic N) is 2. The van der Waals surface area contributed by atoms with Gasteiger partial charge in [-0.15, -0.1) is 0 Å². The van der Waals surface area contributed by atoms with E-state index < -0.39 is 0 Å². The molecule has 72 valence electrons. The molecule has 0 aliphatic rings. The van der Waals surface area contributed by atoms with Crippen molar-refractivity contribution in [1.29, 1.82) is 0 Å². The van der Waals surface area contributed by atoms with Crippen LogP contribution in [0.15, 0.2) is 6.20 Å². The molecule has 1 atom stereocenters. The lowest BCUT2D eigenvalue weighted by Crippen LogP contribution is -2.24. The summed E-state index contributed by atoms with van der Waals surface area (Å²) in [5.41, 5.74) is 0.484. The lowest BCUT2D eigenvalue weighted by molar-refractivity contribution is -0.119. The number of aryl methyl sites for hydroxylation is 1. The van der Waals surface area contributed by atoms with Crippen LogP contribution in [0.2, 0.25) is 0 Å². The van der Waals surface area contributed by atoms with E-state index >= 15 is 0 Å². The highest BCUT2D eigenvalue weighted by Crippen LogP contribution is 2.20. The average Bonchev–Trinajstić information content (AvgIpc) is 2.28. The van der Waals surface area contributed by atoms with Crippen LogP contribution in [0.25, 0.3) is 0 Å². The maximum absolute atomic E-state index is 10.7. The Labute approximate surface area is 76.4 Å². The first kappa shape index (κ1) is 9.57. The number of aromatic nitrogens is 2. The molecule has 0 spiro atoms. The van der Waals surface area contributed by atoms with Gasteiger partial charge in [0.25, 0.3) is 0 Å². The van der Waals surface area contributed by atoms with E-state index in [1.807, 2.05) is 0 Å². The van der Waals surface area contributed by atoms with Gasteiger partial charge in [0.1, 0.15) is 5.69 Å². The standard InChI is InChI=1S/C8H13N3O2/c1-5(9-6(2)12)8-7(13)4-11(3)10-8/h4-5,13H,1-3H3,(H,9,12). The Morgan fingerprint density at radius 1 is 1.77 bits per heavy atom. The van der Waals surface area contributed by atoms with Crippen LogP contribution < -0.4 is 5.32 Å². The van der Waals surface area contributed by atoms with Gasteiger partial charge in [-0.25, -0.2) is 0 Å². The van der Waals surface area contributed by atoms with Crippen LogP contribution in [-0.2, 0) is 11.8 Å². The second-order valence-electron chi connectivity index (χ2n) is 3.00. The van der Waals surface area contributed by atoms with E-state index in [0.29, 0.717) is 5.69 Å². The fraction of sp³-hybridized carbons (Fsp3) is 0.500. The van der Waals surface area contributed by atoms with Gasteiger partial charge in [-0.05, 0) is 6.92 Å². The lowest BCUT2D eigenvalue weighted by Gasteiger charge is -2.09. The van der Waals surface area contributed by atoms with Crippen LogP contribution in [0.1, 0.15) is 25.6 Å². The van der Waals surface area contributed by atoms with Gasteiger partial charge < -0.3 is 10.4 Å². The van der Waals surface area contributed by atoms with Crippen LogP contribution in [0.3, 0.4) is 0 Å². The minimum Gasteiger partial charge on any atom is -0.504 e. The Hall–Kier alpha value is -1.52. The van der Waals surface area contributed by atoms with Crippen molar-refractivity contribution in [3.8, 4) is 5.75 Å². The number of hydrogen-bond donors (Lipinski definition) is 2. The summed E-state index contributed by atoms with van der Waals surface area (Å²) >= 11 is 0. The average molecular weight is 183 g/mol. The Balaban J connectivity index is 2.81. The zero-order chi connectivity index (χ0) is 10.0. The van der Waals surface area contributed by atoms with E-state index in [0.717, 1.165) is 0 Å². The molecule has 0 aliphatic carbocycles. The minimum absolute atomic E-state index is 0.101. The third kappa shape index (κ3) is 2.21. The van der Waals surface area contributed by atoms with Crippen molar-refractivity contribution in [3.05, 3.63) is 11.9 Å². The smallest absolute Gasteiger partial charge is 0.217 e. The Morgan fingerprint density at radius 2 is 2.38 bits per heavy atom. The molecule has 1 aromatic heterocycles. The SMILES string of the molecule is CC(=O)NC(C)c1nn(C)cc1O. The van der Waals surface area contributed by atoms with E-state index in [-0.39, 0.29) is 17.7 Å². The summed E-state index contributed by atoms with van der Waals surface area (Å²) in [7, 11) is 1.71. The van der Waals surface area contributed by atoms with Crippen LogP contribution in [0, 0.1) is 0 Å². The molecular formula is C8H13N3O2. The summed E-state index contributed by atoms with van der Waals surface area (Å²) in [6, 6.07) is -0.265. The zero-order valence-electron chi connectivity index (χ0n) is 7.90. The first-order valence-corrected chi connectivity index (χ1v) is 4.00. The van der Waals surface area contributed by atoms with Crippen molar-refractivity contribution in [3.63, 3.8) is 0 Å². The Bertz CT molecular complexity index is 319. The maximum Gasteiger partial charge on any atom is 0.217 e. The molecule has 0 aliphatic heterocycles. The summed E-state index contributed by atoms with van der Waals surface area (Å²) in [4.78, 5) is 10.7. The van der Waals surface area contributed by atoms with Crippen LogP contribution in [0.4, 0.5) is 0 Å². The van der Waals surface area contributed by atoms with Crippen LogP contribution in [-0.4, -0.2) is 20.8 Å². The van der Waals surface area contributed by atoms with E-state index in [1.54, 1.807) is 14.0 Å². The molecule has 0 bridgehead atoms. The van der Waals surface area contributed by atoms with E-state index in [9.17, 15) is 9.90 Å². The van der Waals surface area contributed by atoms with Crippen molar-refractivity contribution >= 4 is 5.91 Å². The summed E-state index contributed by atoms with van der Waals surface area (Å²) in [5.74, 6) is -0.0405. The summed E-state index contributed by atoms with van der Waals surface area (Å²) in [6.07, 6.45) is 1.49. The van der Waals surface area contributed by atoms with Gasteiger partial charge in [-0.2, -0.15) is 5.10 Å². The highest BCUT2D eigenvalue weighted by molar-refractivity contribution is 5.73. The molecule has 0 radical (unpaired) electrons. The molecule has 0 aromatic carbocycles. The second-order valence-corrected chi connectivity index (χ2v) is 3.00. The molecule has 2 N–H and O–H groups in total. The van der Waals surface area contributed by atoms with Gasteiger partial charge in [-0.3, -0.25) is 9.48 Å². The fourth-order valence-electron chi connectivity index (χ4n) is 1.17. The Kier molecular flexibility index (Phi) is 2.55. The van der Waals surface area contributed by atoms with Crippen molar-refractivity contribution in [1.82, 2.24) is 15.1 Å². The molecule has 0 saturated heterocycles. The number of amides is 1. The number of rotatable bonds is 2. The molecule has 1 rings (SSSR count). The van der Waals surface area contributed by atoms with E-state index in [4.69, 9.17) is 0 Å². The number of hydrogen-bond acceptors (Lipinski definition) is 3. The first-order chi connectivity index (χ1) is 6.00. The third-order valence-corrected chi connectivity index (χ3v) is 1.67. The van der Waals surface area contributed by atoms with Crippen molar-refractivity contribution in [2.75, 3.05) is 0 Å². The molecule has 1 aromatic rings. The second kappa shape index (κ2) is 3.47. The fourth-order valence-corrected chi connectivity index (χ4v) is 1.17. The Morgan fingerprint density at radius 3 is 2.77 bits per heavy atom. The highest BCUT2D eigenvalue weighted by Gasteiger charge is 2.14. The predicted molar refractivity (Wildman–Crippen MR) is 47.1 cm³/mol. The largest absolute Gasteiger partial charge is 0.504 e. The zero-order valence-corrected chi connectivity index (χ0v) is 7.90. The molecule has 0 fully saturated rings. The number of carbonyl (C=O) groups is 1. The minimum atomic E-state index is -0.265. The molecule has 5 nitrogen and oxygen atoms in total. The molecule has 1 amide bonds. The number of nitrogens with one attached hydrogen (secondary N) is 1. The summed E-state index contributed by atoms with van der Waals surface area (Å²) in [5, 5.41) is 16.0. The van der Waals surface area contributed by atoms with Crippen molar-refractivity contribution in [2.45, 2.75) is 19.9 Å². The molecule has 5 heteroatoms. The summed E-state index contributed by atoms with van der Waals surface area (Å²) < 4.78 is 1.50. The van der Waals surface area contributed by atoms with Crippen molar-refractivity contribution < 1.29 is 9.90 Å². The topological polar surface area (TPSA) is 67.2 Å². The van der Waals surface area contributed by atoms with E-state index in [2.05, 4.69) is 10.4 Å². The maximum atomic E-state index is 10.7. The predicted octanol–water partition coefficient (Wildman–Crippen LogP) is 0.323. The van der Waals surface area contributed by atoms with Gasteiger partial charge >= 0.3 is 0 Å². The van der Waals surface area contributed by atoms with Crippen LogP contribution >= 0.6 is 0 Å². The molecule has 1 unspecified atom stereocenters. The molecule has 1 heterocycles. The van der Waals surface area contributed by atoms with Crippen molar-refractivity contribution in [2.24, 2.45) is 7.05 Å². The van der Waals surface area contributed by atoms with Crippen LogP contribution in [0.5, 0.6) is 5.75 Å². The number of aromatic hydroxyl groups is 1.